The number of hydrogen-bond acceptors (Lipinski definition) is 3. The summed E-state index contributed by atoms with van der Waals surface area (Å²) in [6.45, 7) is 0.849. The van der Waals surface area contributed by atoms with Crippen LogP contribution in [-0.4, -0.2) is 25.2 Å². The molecule has 1 amide bonds. The molecule has 108 valence electrons. The molecule has 1 atom stereocenters. The summed E-state index contributed by atoms with van der Waals surface area (Å²) >= 11 is 2.15. The lowest BCUT2D eigenvalue weighted by Gasteiger charge is -2.26. The standard InChI is InChI=1S/C16H14INO3/c17-13-6-2-1-5-12(13)16(19)18-9-11-10-20-14-7-3-4-8-15(14)21-11/h1-8,11H,9-10H2,(H,18,19)/t11-/m0/s1. The Bertz CT molecular complexity index is 659. The van der Waals surface area contributed by atoms with Gasteiger partial charge in [0.25, 0.3) is 5.91 Å². The van der Waals surface area contributed by atoms with E-state index in [1.807, 2.05) is 48.5 Å². The maximum absolute atomic E-state index is 12.1. The van der Waals surface area contributed by atoms with E-state index < -0.39 is 0 Å². The van der Waals surface area contributed by atoms with Gasteiger partial charge in [-0.05, 0) is 46.9 Å². The van der Waals surface area contributed by atoms with Gasteiger partial charge in [-0.25, -0.2) is 0 Å². The van der Waals surface area contributed by atoms with E-state index in [1.54, 1.807) is 0 Å². The Labute approximate surface area is 136 Å². The topological polar surface area (TPSA) is 47.6 Å². The molecule has 3 rings (SSSR count). The number of benzene rings is 2. The van der Waals surface area contributed by atoms with E-state index in [-0.39, 0.29) is 12.0 Å². The largest absolute Gasteiger partial charge is 0.486 e. The summed E-state index contributed by atoms with van der Waals surface area (Å²) in [5, 5.41) is 2.89. The number of carbonyl (C=O) groups excluding carboxylic acids is 1. The molecule has 0 aliphatic carbocycles. The third-order valence-corrected chi connectivity index (χ3v) is 4.12. The lowest BCUT2D eigenvalue weighted by molar-refractivity contribution is 0.0788. The number of ether oxygens (including phenoxy) is 2. The summed E-state index contributed by atoms with van der Waals surface area (Å²) in [7, 11) is 0. The first kappa shape index (κ1) is 14.2. The minimum Gasteiger partial charge on any atom is -0.486 e. The maximum atomic E-state index is 12.1. The highest BCUT2D eigenvalue weighted by Gasteiger charge is 2.21. The summed E-state index contributed by atoms with van der Waals surface area (Å²) < 4.78 is 12.4. The number of para-hydroxylation sites is 2. The Hall–Kier alpha value is -1.76. The minimum absolute atomic E-state index is 0.0949. The van der Waals surface area contributed by atoms with Crippen LogP contribution in [0.25, 0.3) is 0 Å². The molecule has 1 heterocycles. The van der Waals surface area contributed by atoms with Crippen molar-refractivity contribution in [1.82, 2.24) is 5.32 Å². The van der Waals surface area contributed by atoms with E-state index in [0.29, 0.717) is 18.7 Å². The fourth-order valence-electron chi connectivity index (χ4n) is 2.11. The van der Waals surface area contributed by atoms with Gasteiger partial charge in [-0.1, -0.05) is 24.3 Å². The Morgan fingerprint density at radius 3 is 2.67 bits per heavy atom. The summed E-state index contributed by atoms with van der Waals surface area (Å²) in [4.78, 5) is 12.1. The van der Waals surface area contributed by atoms with E-state index in [2.05, 4.69) is 27.9 Å². The van der Waals surface area contributed by atoms with Crippen LogP contribution < -0.4 is 14.8 Å². The molecule has 2 aromatic rings. The van der Waals surface area contributed by atoms with Gasteiger partial charge in [0, 0.05) is 3.57 Å². The molecule has 2 aromatic carbocycles. The molecular weight excluding hydrogens is 381 g/mol. The Morgan fingerprint density at radius 1 is 1.14 bits per heavy atom. The number of nitrogens with one attached hydrogen (secondary N) is 1. The first-order valence-electron chi connectivity index (χ1n) is 6.65. The van der Waals surface area contributed by atoms with Gasteiger partial charge in [0.1, 0.15) is 12.7 Å². The fraction of sp³-hybridized carbons (Fsp3) is 0.188. The van der Waals surface area contributed by atoms with Crippen molar-refractivity contribution in [1.29, 1.82) is 0 Å². The zero-order valence-corrected chi connectivity index (χ0v) is 13.4. The summed E-state index contributed by atoms with van der Waals surface area (Å²) in [5.41, 5.74) is 0.676. The van der Waals surface area contributed by atoms with Crippen LogP contribution in [0.1, 0.15) is 10.4 Å². The molecule has 0 bridgehead atoms. The van der Waals surface area contributed by atoms with Crippen LogP contribution in [0.2, 0.25) is 0 Å². The van der Waals surface area contributed by atoms with Gasteiger partial charge in [0.05, 0.1) is 12.1 Å². The Balaban J connectivity index is 1.59. The van der Waals surface area contributed by atoms with Gasteiger partial charge in [0.15, 0.2) is 11.5 Å². The van der Waals surface area contributed by atoms with E-state index in [0.717, 1.165) is 15.1 Å². The summed E-state index contributed by atoms with van der Waals surface area (Å²) in [5.74, 6) is 1.37. The predicted octanol–water partition coefficient (Wildman–Crippen LogP) is 2.86. The molecule has 21 heavy (non-hydrogen) atoms. The quantitative estimate of drug-likeness (QED) is 0.814. The lowest BCUT2D eigenvalue weighted by atomic mass is 10.2. The number of amides is 1. The van der Waals surface area contributed by atoms with E-state index in [1.165, 1.54) is 0 Å². The molecule has 0 radical (unpaired) electrons. The second kappa shape index (κ2) is 6.34. The average molecular weight is 395 g/mol. The highest BCUT2D eigenvalue weighted by Crippen LogP contribution is 2.30. The van der Waals surface area contributed by atoms with Crippen LogP contribution in [0.4, 0.5) is 0 Å². The van der Waals surface area contributed by atoms with Gasteiger partial charge in [-0.3, -0.25) is 4.79 Å². The van der Waals surface area contributed by atoms with E-state index in [4.69, 9.17) is 9.47 Å². The first-order chi connectivity index (χ1) is 10.2. The van der Waals surface area contributed by atoms with Crippen molar-refractivity contribution in [2.24, 2.45) is 0 Å². The van der Waals surface area contributed by atoms with Crippen molar-refractivity contribution in [2.45, 2.75) is 6.10 Å². The monoisotopic (exact) mass is 395 g/mol. The molecule has 0 unspecified atom stereocenters. The van der Waals surface area contributed by atoms with Gasteiger partial charge < -0.3 is 14.8 Å². The van der Waals surface area contributed by atoms with Crippen molar-refractivity contribution < 1.29 is 14.3 Å². The average Bonchev–Trinajstić information content (AvgIpc) is 2.53. The van der Waals surface area contributed by atoms with Crippen LogP contribution in [-0.2, 0) is 0 Å². The number of carbonyl (C=O) groups is 1. The normalized spacial score (nSPS) is 16.3. The summed E-state index contributed by atoms with van der Waals surface area (Å²) in [6, 6.07) is 15.0. The van der Waals surface area contributed by atoms with Crippen molar-refractivity contribution in [3.8, 4) is 11.5 Å². The molecule has 0 aromatic heterocycles. The van der Waals surface area contributed by atoms with Crippen LogP contribution in [0.5, 0.6) is 11.5 Å². The van der Waals surface area contributed by atoms with Gasteiger partial charge in [0.2, 0.25) is 0 Å². The van der Waals surface area contributed by atoms with Crippen molar-refractivity contribution in [2.75, 3.05) is 13.2 Å². The molecule has 4 nitrogen and oxygen atoms in total. The smallest absolute Gasteiger partial charge is 0.252 e. The van der Waals surface area contributed by atoms with Crippen LogP contribution in [0.15, 0.2) is 48.5 Å². The SMILES string of the molecule is O=C(NC[C@H]1COc2ccccc2O1)c1ccccc1I. The minimum atomic E-state index is -0.176. The van der Waals surface area contributed by atoms with Crippen LogP contribution in [0.3, 0.4) is 0 Å². The van der Waals surface area contributed by atoms with E-state index >= 15 is 0 Å². The molecule has 0 saturated carbocycles. The Kier molecular flexibility index (Phi) is 4.28. The second-order valence-corrected chi connectivity index (χ2v) is 5.85. The first-order valence-corrected chi connectivity index (χ1v) is 7.73. The van der Waals surface area contributed by atoms with Crippen LogP contribution >= 0.6 is 22.6 Å². The molecule has 0 spiro atoms. The molecule has 0 saturated heterocycles. The molecular formula is C16H14INO3. The zero-order chi connectivity index (χ0) is 14.7. The number of fused-ring (bicyclic) bond motifs is 1. The van der Waals surface area contributed by atoms with E-state index in [9.17, 15) is 4.79 Å². The van der Waals surface area contributed by atoms with Crippen LogP contribution in [0, 0.1) is 3.57 Å². The molecule has 1 N–H and O–H groups in total. The van der Waals surface area contributed by atoms with Gasteiger partial charge in [-0.2, -0.15) is 0 Å². The third-order valence-electron chi connectivity index (χ3n) is 3.18. The number of rotatable bonds is 3. The predicted molar refractivity (Wildman–Crippen MR) is 87.8 cm³/mol. The van der Waals surface area contributed by atoms with Crippen molar-refractivity contribution in [3.63, 3.8) is 0 Å². The zero-order valence-electron chi connectivity index (χ0n) is 11.2. The highest BCUT2D eigenvalue weighted by atomic mass is 127. The van der Waals surface area contributed by atoms with Gasteiger partial charge in [-0.15, -0.1) is 0 Å². The summed E-state index contributed by atoms with van der Waals surface area (Å²) in [6.07, 6.45) is -0.176. The fourth-order valence-corrected chi connectivity index (χ4v) is 2.74. The lowest BCUT2D eigenvalue weighted by Crippen LogP contribution is -2.40. The van der Waals surface area contributed by atoms with Crippen molar-refractivity contribution >= 4 is 28.5 Å². The second-order valence-electron chi connectivity index (χ2n) is 4.69. The molecule has 1 aliphatic rings. The maximum Gasteiger partial charge on any atom is 0.252 e. The Morgan fingerprint density at radius 2 is 1.86 bits per heavy atom. The van der Waals surface area contributed by atoms with Gasteiger partial charge >= 0.3 is 0 Å². The molecule has 1 aliphatic heterocycles. The molecule has 5 heteroatoms. The number of hydrogen-bond donors (Lipinski definition) is 1. The number of halogens is 1. The third kappa shape index (κ3) is 3.29. The molecule has 0 fully saturated rings. The van der Waals surface area contributed by atoms with Crippen molar-refractivity contribution in [3.05, 3.63) is 57.7 Å². The highest BCUT2D eigenvalue weighted by molar-refractivity contribution is 14.1.